The summed E-state index contributed by atoms with van der Waals surface area (Å²) in [4.78, 5) is 44.6. The van der Waals surface area contributed by atoms with E-state index >= 15 is 0 Å². The third-order valence-electron chi connectivity index (χ3n) is 7.65. The molecule has 2 aliphatic heterocycles. The Morgan fingerprint density at radius 2 is 1.75 bits per heavy atom. The molecule has 0 saturated carbocycles. The molecule has 4 amide bonds. The van der Waals surface area contributed by atoms with Gasteiger partial charge in [-0.25, -0.2) is 9.80 Å². The molecular weight excluding hydrogens is 562 g/mol. The van der Waals surface area contributed by atoms with Gasteiger partial charge in [0.05, 0.1) is 13.1 Å². The van der Waals surface area contributed by atoms with E-state index in [1.807, 2.05) is 42.5 Å². The number of phenolic OH excluding ortho intramolecular Hbond substituents is 1. The zero-order valence-corrected chi connectivity index (χ0v) is 24.7. The third kappa shape index (κ3) is 6.71. The number of rotatable bonds is 9. The summed E-state index contributed by atoms with van der Waals surface area (Å²) in [6, 6.07) is 20.0. The quantitative estimate of drug-likeness (QED) is 0.365. The van der Waals surface area contributed by atoms with Gasteiger partial charge in [-0.1, -0.05) is 54.5 Å². The summed E-state index contributed by atoms with van der Waals surface area (Å²) in [5, 5.41) is 15.7. The molecule has 11 nitrogen and oxygen atoms in total. The van der Waals surface area contributed by atoms with Gasteiger partial charge in [-0.05, 0) is 47.9 Å². The molecule has 3 aromatic rings. The SMILES string of the molecule is C#CCN1CC(=O)N([C@@H](Cc2ccc(O)cc2)C(=O)N(C)Cc2ccc3c(c2)OCO3)[C@H](C)N1C(=O)NCc1ccccc1. The van der Waals surface area contributed by atoms with Gasteiger partial charge in [0.15, 0.2) is 11.5 Å². The van der Waals surface area contributed by atoms with Crippen LogP contribution in [0, 0.1) is 12.3 Å². The Bertz CT molecular complexity index is 1540. The molecule has 3 aromatic carbocycles. The van der Waals surface area contributed by atoms with Crippen molar-refractivity contribution < 1.29 is 29.0 Å². The van der Waals surface area contributed by atoms with Crippen LogP contribution in [0.1, 0.15) is 23.6 Å². The van der Waals surface area contributed by atoms with Crippen molar-refractivity contribution in [2.45, 2.75) is 38.6 Å². The number of nitrogens with one attached hydrogen (secondary N) is 1. The minimum absolute atomic E-state index is 0.0310. The van der Waals surface area contributed by atoms with Gasteiger partial charge in [0.25, 0.3) is 0 Å². The van der Waals surface area contributed by atoms with Crippen LogP contribution >= 0.6 is 0 Å². The number of hydrazine groups is 1. The van der Waals surface area contributed by atoms with Crippen molar-refractivity contribution in [3.8, 4) is 29.6 Å². The largest absolute Gasteiger partial charge is 0.508 e. The first-order valence-electron chi connectivity index (χ1n) is 14.3. The number of carbonyl (C=O) groups excluding carboxylic acids is 3. The maximum Gasteiger partial charge on any atom is 0.334 e. The van der Waals surface area contributed by atoms with Crippen LogP contribution < -0.4 is 14.8 Å². The lowest BCUT2D eigenvalue weighted by Crippen LogP contribution is -2.70. The molecule has 0 radical (unpaired) electrons. The molecule has 11 heteroatoms. The van der Waals surface area contributed by atoms with E-state index in [1.54, 1.807) is 37.1 Å². The summed E-state index contributed by atoms with van der Waals surface area (Å²) >= 11 is 0. The minimum atomic E-state index is -0.960. The molecule has 2 atom stereocenters. The second-order valence-corrected chi connectivity index (χ2v) is 10.7. The Kier molecular flexibility index (Phi) is 9.21. The van der Waals surface area contributed by atoms with Crippen LogP contribution in [-0.4, -0.2) is 81.9 Å². The van der Waals surface area contributed by atoms with Crippen LogP contribution in [0.15, 0.2) is 72.8 Å². The average molecular weight is 598 g/mol. The minimum Gasteiger partial charge on any atom is -0.508 e. The summed E-state index contributed by atoms with van der Waals surface area (Å²) in [7, 11) is 1.67. The second kappa shape index (κ2) is 13.4. The Morgan fingerprint density at radius 1 is 1.05 bits per heavy atom. The number of likely N-dealkylation sites (N-methyl/N-ethyl adjacent to an activating group) is 1. The first kappa shape index (κ1) is 30.3. The highest BCUT2D eigenvalue weighted by Crippen LogP contribution is 2.33. The lowest BCUT2D eigenvalue weighted by molar-refractivity contribution is -0.173. The van der Waals surface area contributed by atoms with Crippen molar-refractivity contribution in [3.05, 3.63) is 89.5 Å². The van der Waals surface area contributed by atoms with E-state index in [0.717, 1.165) is 16.7 Å². The van der Waals surface area contributed by atoms with E-state index in [2.05, 4.69) is 11.2 Å². The maximum absolute atomic E-state index is 14.2. The van der Waals surface area contributed by atoms with E-state index in [-0.39, 0.29) is 57.0 Å². The molecule has 2 heterocycles. The second-order valence-electron chi connectivity index (χ2n) is 10.7. The fourth-order valence-corrected chi connectivity index (χ4v) is 5.51. The van der Waals surface area contributed by atoms with Gasteiger partial charge < -0.3 is 29.7 Å². The van der Waals surface area contributed by atoms with Crippen molar-refractivity contribution in [2.24, 2.45) is 0 Å². The molecule has 0 unspecified atom stereocenters. The van der Waals surface area contributed by atoms with E-state index in [9.17, 15) is 19.5 Å². The number of urea groups is 1. The molecule has 44 heavy (non-hydrogen) atoms. The number of terminal acetylenes is 1. The van der Waals surface area contributed by atoms with Gasteiger partial charge in [0.1, 0.15) is 18.0 Å². The van der Waals surface area contributed by atoms with Crippen LogP contribution in [-0.2, 0) is 29.1 Å². The monoisotopic (exact) mass is 597 g/mol. The van der Waals surface area contributed by atoms with E-state index in [4.69, 9.17) is 15.9 Å². The van der Waals surface area contributed by atoms with Crippen molar-refractivity contribution in [1.29, 1.82) is 0 Å². The number of carbonyl (C=O) groups is 3. The van der Waals surface area contributed by atoms with Gasteiger partial charge in [-0.2, -0.15) is 5.01 Å². The molecule has 1 fully saturated rings. The number of fused-ring (bicyclic) bond motifs is 1. The Balaban J connectivity index is 1.42. The molecule has 228 valence electrons. The van der Waals surface area contributed by atoms with Gasteiger partial charge in [0, 0.05) is 26.6 Å². The lowest BCUT2D eigenvalue weighted by Gasteiger charge is -2.49. The zero-order valence-electron chi connectivity index (χ0n) is 24.7. The first-order valence-corrected chi connectivity index (χ1v) is 14.3. The number of hydrogen-bond donors (Lipinski definition) is 2. The molecule has 0 aromatic heterocycles. The number of amides is 4. The first-order chi connectivity index (χ1) is 21.2. The molecule has 0 bridgehead atoms. The summed E-state index contributed by atoms with van der Waals surface area (Å²) in [6.45, 7) is 2.22. The molecule has 0 spiro atoms. The van der Waals surface area contributed by atoms with Crippen LogP contribution in [0.25, 0.3) is 0 Å². The average Bonchev–Trinajstić information content (AvgIpc) is 3.49. The number of phenols is 1. The highest BCUT2D eigenvalue weighted by molar-refractivity contribution is 5.90. The summed E-state index contributed by atoms with van der Waals surface area (Å²) < 4.78 is 10.9. The number of nitrogens with zero attached hydrogens (tertiary/aromatic N) is 4. The normalized spacial score (nSPS) is 16.8. The van der Waals surface area contributed by atoms with Crippen LogP contribution in [0.3, 0.4) is 0 Å². The van der Waals surface area contributed by atoms with E-state index < -0.39 is 18.2 Å². The van der Waals surface area contributed by atoms with Gasteiger partial charge in [-0.15, -0.1) is 6.42 Å². The molecule has 0 aliphatic carbocycles. The molecular formula is C33H35N5O6. The fourth-order valence-electron chi connectivity index (χ4n) is 5.51. The predicted octanol–water partition coefficient (Wildman–Crippen LogP) is 2.94. The van der Waals surface area contributed by atoms with Gasteiger partial charge in [-0.3, -0.25) is 9.59 Å². The van der Waals surface area contributed by atoms with Crippen molar-refractivity contribution >= 4 is 17.8 Å². The standard InChI is InChI=1S/C33H35N5O6/c1-4-16-36-21-31(40)37(23(2)38(36)33(42)34-19-25-8-6-5-7-9-25)28(17-24-10-13-27(39)14-11-24)32(41)35(3)20-26-12-15-29-30(18-26)44-22-43-29/h1,5-15,18,23,28,39H,16-17,19-22H2,2-3H3,(H,34,42)/t23-,28-/m0/s1. The smallest absolute Gasteiger partial charge is 0.334 e. The van der Waals surface area contributed by atoms with Crippen molar-refractivity contribution in [1.82, 2.24) is 25.1 Å². The highest BCUT2D eigenvalue weighted by atomic mass is 16.7. The van der Waals surface area contributed by atoms with Crippen molar-refractivity contribution in [2.75, 3.05) is 26.9 Å². The predicted molar refractivity (Wildman–Crippen MR) is 162 cm³/mol. The summed E-state index contributed by atoms with van der Waals surface area (Å²) in [6.07, 6.45) is 4.93. The molecule has 5 rings (SSSR count). The fraction of sp³-hybridized carbons (Fsp3) is 0.303. The summed E-state index contributed by atoms with van der Waals surface area (Å²) in [5.41, 5.74) is 2.48. The van der Waals surface area contributed by atoms with Crippen molar-refractivity contribution in [3.63, 3.8) is 0 Å². The molecule has 2 aliphatic rings. The number of ether oxygens (including phenoxy) is 2. The number of benzene rings is 3. The van der Waals surface area contributed by atoms with Crippen LogP contribution in [0.2, 0.25) is 0 Å². The Labute approximate surface area is 256 Å². The third-order valence-corrected chi connectivity index (χ3v) is 7.65. The van der Waals surface area contributed by atoms with Gasteiger partial charge in [0.2, 0.25) is 18.6 Å². The Morgan fingerprint density at radius 3 is 2.48 bits per heavy atom. The van der Waals surface area contributed by atoms with Gasteiger partial charge >= 0.3 is 6.03 Å². The van der Waals surface area contributed by atoms with E-state index in [1.165, 1.54) is 27.1 Å². The summed E-state index contributed by atoms with van der Waals surface area (Å²) in [5.74, 6) is 3.21. The van der Waals surface area contributed by atoms with Crippen LogP contribution in [0.4, 0.5) is 4.79 Å². The molecule has 1 saturated heterocycles. The number of aromatic hydroxyl groups is 1. The van der Waals surface area contributed by atoms with E-state index in [0.29, 0.717) is 11.5 Å². The molecule has 2 N–H and O–H groups in total. The topological polar surface area (TPSA) is 115 Å². The maximum atomic E-state index is 14.2. The lowest BCUT2D eigenvalue weighted by atomic mass is 10.0. The van der Waals surface area contributed by atoms with Crippen LogP contribution in [0.5, 0.6) is 17.2 Å². The number of hydrogen-bond acceptors (Lipinski definition) is 7. The zero-order chi connectivity index (χ0) is 31.2. The highest BCUT2D eigenvalue weighted by Gasteiger charge is 2.45. The Hall–Kier alpha value is -5.21.